The molecule has 1 aromatic carbocycles. The summed E-state index contributed by atoms with van der Waals surface area (Å²) in [7, 11) is 0. The molecule has 8 nitrogen and oxygen atoms in total. The number of thiophene rings is 1. The van der Waals surface area contributed by atoms with Gasteiger partial charge in [0.15, 0.2) is 0 Å². The van der Waals surface area contributed by atoms with Gasteiger partial charge >= 0.3 is 6.09 Å². The first-order valence-electron chi connectivity index (χ1n) is 9.26. The van der Waals surface area contributed by atoms with Gasteiger partial charge in [-0.1, -0.05) is 18.2 Å². The molecule has 152 valence electrons. The van der Waals surface area contributed by atoms with E-state index in [1.54, 1.807) is 30.5 Å². The molecule has 0 fully saturated rings. The zero-order valence-electron chi connectivity index (χ0n) is 15.8. The smallest absolute Gasteiger partial charge is 0.397 e. The molecule has 4 aromatic rings. The Balaban J connectivity index is 1.28. The van der Waals surface area contributed by atoms with Crippen molar-refractivity contribution in [3.63, 3.8) is 0 Å². The van der Waals surface area contributed by atoms with Gasteiger partial charge in [-0.3, -0.25) is 4.79 Å². The number of amides is 2. The molecule has 9 heteroatoms. The van der Waals surface area contributed by atoms with Crippen LogP contribution in [0.1, 0.15) is 10.4 Å². The van der Waals surface area contributed by atoms with Crippen LogP contribution in [0.15, 0.2) is 66.3 Å². The summed E-state index contributed by atoms with van der Waals surface area (Å²) >= 11 is 1.31. The van der Waals surface area contributed by atoms with Gasteiger partial charge in [-0.25, -0.2) is 9.78 Å². The van der Waals surface area contributed by atoms with Crippen LogP contribution >= 0.6 is 11.3 Å². The molecule has 4 N–H and O–H groups in total. The van der Waals surface area contributed by atoms with Crippen molar-refractivity contribution in [1.82, 2.24) is 20.6 Å². The van der Waals surface area contributed by atoms with E-state index in [2.05, 4.69) is 25.9 Å². The maximum Gasteiger partial charge on any atom is 0.413 e. The van der Waals surface area contributed by atoms with E-state index in [1.807, 2.05) is 35.8 Å². The second-order valence-electron chi connectivity index (χ2n) is 6.28. The average molecular weight is 421 g/mol. The fourth-order valence-corrected chi connectivity index (χ4v) is 3.53. The Bertz CT molecular complexity index is 1160. The molecular formula is C21H19N5O3S. The van der Waals surface area contributed by atoms with Crippen molar-refractivity contribution in [3.05, 3.63) is 71.9 Å². The lowest BCUT2D eigenvalue weighted by atomic mass is 10.2. The largest absolute Gasteiger partial charge is 0.413 e. The van der Waals surface area contributed by atoms with Crippen LogP contribution in [-0.2, 0) is 0 Å². The number of H-pyrrole nitrogens is 1. The Morgan fingerprint density at radius 1 is 1.00 bits per heavy atom. The summed E-state index contributed by atoms with van der Waals surface area (Å²) in [5.74, 6) is -0.191. The second kappa shape index (κ2) is 9.10. The van der Waals surface area contributed by atoms with Crippen LogP contribution in [0.5, 0.6) is 5.06 Å². The molecule has 2 amide bonds. The number of hydrogen-bond donors (Lipinski definition) is 4. The summed E-state index contributed by atoms with van der Waals surface area (Å²) in [6.07, 6.45) is 2.93. The van der Waals surface area contributed by atoms with Gasteiger partial charge in [-0.15, -0.1) is 11.3 Å². The average Bonchev–Trinajstić information content (AvgIpc) is 3.42. The SMILES string of the molecule is O=C(NCCNC(=O)c1ccccc1)Oc1sccc1Nc1ccnc2[nH]ccc12. The van der Waals surface area contributed by atoms with Crippen molar-refractivity contribution >= 4 is 45.7 Å². The lowest BCUT2D eigenvalue weighted by molar-refractivity contribution is 0.0953. The van der Waals surface area contributed by atoms with Gasteiger partial charge in [0.1, 0.15) is 5.65 Å². The molecule has 0 radical (unpaired) electrons. The standard InChI is InChI=1S/C21H19N5O3S/c27-19(14-4-2-1-3-5-14)24-11-12-25-21(28)29-20-17(8-13-30-20)26-16-7-10-23-18-15(16)6-9-22-18/h1-10,13H,11-12H2,(H,24,27)(H,25,28)(H2,22,23,26). The van der Waals surface area contributed by atoms with Gasteiger partial charge in [0.05, 0.1) is 11.4 Å². The molecule has 0 saturated heterocycles. The maximum absolute atomic E-state index is 12.1. The number of aromatic nitrogens is 2. The number of carbonyl (C=O) groups excluding carboxylic acids is 2. The molecule has 0 aliphatic rings. The summed E-state index contributed by atoms with van der Waals surface area (Å²) < 4.78 is 5.41. The van der Waals surface area contributed by atoms with E-state index in [-0.39, 0.29) is 12.5 Å². The highest BCUT2D eigenvalue weighted by molar-refractivity contribution is 7.12. The van der Waals surface area contributed by atoms with Crippen LogP contribution in [0.2, 0.25) is 0 Å². The molecular weight excluding hydrogens is 402 g/mol. The van der Waals surface area contributed by atoms with Crippen molar-refractivity contribution in [1.29, 1.82) is 0 Å². The number of fused-ring (bicyclic) bond motifs is 1. The molecule has 0 saturated carbocycles. The van der Waals surface area contributed by atoms with Crippen molar-refractivity contribution in [2.45, 2.75) is 0 Å². The predicted octanol–water partition coefficient (Wildman–Crippen LogP) is 3.89. The number of nitrogens with one attached hydrogen (secondary N) is 4. The molecule has 4 rings (SSSR count). The Labute approximate surface area is 176 Å². The summed E-state index contributed by atoms with van der Waals surface area (Å²) in [5, 5.41) is 11.9. The molecule has 3 aromatic heterocycles. The van der Waals surface area contributed by atoms with E-state index in [1.165, 1.54) is 11.3 Å². The first-order valence-corrected chi connectivity index (χ1v) is 10.1. The number of aromatic amines is 1. The lowest BCUT2D eigenvalue weighted by Gasteiger charge is -2.10. The number of benzene rings is 1. The Hall–Kier alpha value is -3.85. The highest BCUT2D eigenvalue weighted by Crippen LogP contribution is 2.35. The van der Waals surface area contributed by atoms with Crippen LogP contribution in [0.25, 0.3) is 11.0 Å². The fraction of sp³-hybridized carbons (Fsp3) is 0.0952. The Morgan fingerprint density at radius 3 is 2.70 bits per heavy atom. The van der Waals surface area contributed by atoms with Gasteiger partial charge < -0.3 is 25.7 Å². The van der Waals surface area contributed by atoms with E-state index in [4.69, 9.17) is 4.74 Å². The zero-order chi connectivity index (χ0) is 20.8. The molecule has 3 heterocycles. The van der Waals surface area contributed by atoms with Gasteiger partial charge in [-0.05, 0) is 35.7 Å². The number of carbonyl (C=O) groups is 2. The molecule has 0 aliphatic carbocycles. The van der Waals surface area contributed by atoms with Gasteiger partial charge in [-0.2, -0.15) is 0 Å². The summed E-state index contributed by atoms with van der Waals surface area (Å²) in [5.41, 5.74) is 2.88. The van der Waals surface area contributed by atoms with Crippen molar-refractivity contribution in [2.75, 3.05) is 18.4 Å². The third kappa shape index (κ3) is 4.58. The number of rotatable bonds is 7. The Morgan fingerprint density at radius 2 is 1.83 bits per heavy atom. The van der Waals surface area contributed by atoms with E-state index in [0.717, 1.165) is 16.7 Å². The summed E-state index contributed by atoms with van der Waals surface area (Å²) in [4.78, 5) is 31.4. The molecule has 30 heavy (non-hydrogen) atoms. The van der Waals surface area contributed by atoms with E-state index >= 15 is 0 Å². The summed E-state index contributed by atoms with van der Waals surface area (Å²) in [6, 6.07) is 14.5. The number of ether oxygens (including phenoxy) is 1. The minimum Gasteiger partial charge on any atom is -0.397 e. The number of nitrogens with zero attached hydrogens (tertiary/aromatic N) is 1. The monoisotopic (exact) mass is 421 g/mol. The first kappa shape index (κ1) is 19.5. The van der Waals surface area contributed by atoms with Crippen molar-refractivity contribution in [3.8, 4) is 5.06 Å². The lowest BCUT2D eigenvalue weighted by Crippen LogP contribution is -2.35. The first-order chi connectivity index (χ1) is 14.7. The number of pyridine rings is 1. The van der Waals surface area contributed by atoms with E-state index < -0.39 is 6.09 Å². The van der Waals surface area contributed by atoms with Gasteiger partial charge in [0, 0.05) is 36.4 Å². The number of hydrogen-bond acceptors (Lipinski definition) is 6. The predicted molar refractivity (Wildman–Crippen MR) is 116 cm³/mol. The van der Waals surface area contributed by atoms with Gasteiger partial charge in [0.2, 0.25) is 5.06 Å². The third-order valence-electron chi connectivity index (χ3n) is 4.26. The molecule has 0 unspecified atom stereocenters. The van der Waals surface area contributed by atoms with Crippen molar-refractivity contribution in [2.24, 2.45) is 0 Å². The van der Waals surface area contributed by atoms with E-state index in [0.29, 0.717) is 22.9 Å². The van der Waals surface area contributed by atoms with Crippen LogP contribution in [0.3, 0.4) is 0 Å². The van der Waals surface area contributed by atoms with Crippen LogP contribution < -0.4 is 20.7 Å². The zero-order valence-corrected chi connectivity index (χ0v) is 16.7. The van der Waals surface area contributed by atoms with Gasteiger partial charge in [0.25, 0.3) is 5.91 Å². The highest BCUT2D eigenvalue weighted by atomic mass is 32.1. The van der Waals surface area contributed by atoms with Crippen LogP contribution in [-0.4, -0.2) is 35.1 Å². The number of anilines is 2. The quantitative estimate of drug-likeness (QED) is 0.339. The van der Waals surface area contributed by atoms with E-state index in [9.17, 15) is 9.59 Å². The highest BCUT2D eigenvalue weighted by Gasteiger charge is 2.13. The normalized spacial score (nSPS) is 10.5. The molecule has 0 aliphatic heterocycles. The topological polar surface area (TPSA) is 108 Å². The summed E-state index contributed by atoms with van der Waals surface area (Å²) in [6.45, 7) is 0.542. The molecule has 0 atom stereocenters. The minimum atomic E-state index is -0.587. The maximum atomic E-state index is 12.1. The minimum absolute atomic E-state index is 0.191. The third-order valence-corrected chi connectivity index (χ3v) is 5.05. The van der Waals surface area contributed by atoms with Crippen LogP contribution in [0, 0.1) is 0 Å². The Kier molecular flexibility index (Phi) is 5.90. The van der Waals surface area contributed by atoms with Crippen LogP contribution in [0.4, 0.5) is 16.2 Å². The second-order valence-corrected chi connectivity index (χ2v) is 7.16. The fourth-order valence-electron chi connectivity index (χ4n) is 2.83. The van der Waals surface area contributed by atoms with Crippen molar-refractivity contribution < 1.29 is 14.3 Å². The molecule has 0 spiro atoms. The molecule has 0 bridgehead atoms.